The molecule has 1 amide bonds. The summed E-state index contributed by atoms with van der Waals surface area (Å²) >= 11 is 0. The Morgan fingerprint density at radius 1 is 1.15 bits per heavy atom. The predicted octanol–water partition coefficient (Wildman–Crippen LogP) is 4.11. The highest BCUT2D eigenvalue weighted by atomic mass is 16.5. The minimum Gasteiger partial charge on any atom is -0.497 e. The number of para-hydroxylation sites is 1. The fraction of sp³-hybridized carbons (Fsp3) is 0.409. The molecule has 1 aliphatic rings. The summed E-state index contributed by atoms with van der Waals surface area (Å²) in [6.45, 7) is 4.92. The lowest BCUT2D eigenvalue weighted by Gasteiger charge is -2.31. The van der Waals surface area contributed by atoms with Crippen LogP contribution in [0.5, 0.6) is 5.75 Å². The van der Waals surface area contributed by atoms with Gasteiger partial charge in [-0.15, -0.1) is 0 Å². The molecule has 2 aromatic carbocycles. The molecule has 138 valence electrons. The van der Waals surface area contributed by atoms with Gasteiger partial charge in [-0.1, -0.05) is 37.3 Å². The molecule has 26 heavy (non-hydrogen) atoms. The zero-order valence-electron chi connectivity index (χ0n) is 15.7. The number of piperidine rings is 1. The monoisotopic (exact) mass is 352 g/mol. The molecular formula is C22H28N2O2. The number of carbonyl (C=O) groups is 1. The van der Waals surface area contributed by atoms with E-state index in [2.05, 4.69) is 35.3 Å². The van der Waals surface area contributed by atoms with Crippen molar-refractivity contribution < 1.29 is 9.53 Å². The number of amides is 1. The molecule has 1 fully saturated rings. The summed E-state index contributed by atoms with van der Waals surface area (Å²) < 4.78 is 5.30. The number of methoxy groups -OCH3 is 1. The van der Waals surface area contributed by atoms with Crippen LogP contribution in [0.1, 0.15) is 30.9 Å². The zero-order chi connectivity index (χ0) is 18.4. The Balaban J connectivity index is 1.52. The molecule has 3 rings (SSSR count). The Morgan fingerprint density at radius 2 is 1.92 bits per heavy atom. The molecule has 0 spiro atoms. The number of anilines is 1. The average molecular weight is 352 g/mol. The van der Waals surface area contributed by atoms with Gasteiger partial charge in [0.15, 0.2) is 0 Å². The van der Waals surface area contributed by atoms with Gasteiger partial charge < -0.3 is 10.1 Å². The molecule has 1 aliphatic heterocycles. The van der Waals surface area contributed by atoms with Gasteiger partial charge in [0.1, 0.15) is 5.75 Å². The van der Waals surface area contributed by atoms with Crippen molar-refractivity contribution in [1.82, 2.24) is 4.90 Å². The van der Waals surface area contributed by atoms with Gasteiger partial charge in [-0.05, 0) is 61.7 Å². The molecule has 4 heteroatoms. The van der Waals surface area contributed by atoms with E-state index in [1.807, 2.05) is 30.3 Å². The third kappa shape index (κ3) is 4.64. The maximum Gasteiger partial charge on any atom is 0.227 e. The molecule has 1 heterocycles. The number of likely N-dealkylation sites (tertiary alicyclic amines) is 1. The van der Waals surface area contributed by atoms with Crippen molar-refractivity contribution in [1.29, 1.82) is 0 Å². The van der Waals surface area contributed by atoms with Crippen LogP contribution in [-0.2, 0) is 17.8 Å². The standard InChI is InChI=1S/C22H28N2O2/c1-3-18-8-4-5-10-21(18)23-22(25)19-11-13-24(14-12-19)16-17-7-6-9-20(15-17)26-2/h4-10,15,19H,3,11-14,16H2,1-2H3,(H,23,25). The van der Waals surface area contributed by atoms with Gasteiger partial charge in [-0.3, -0.25) is 9.69 Å². The maximum absolute atomic E-state index is 12.6. The molecule has 0 aliphatic carbocycles. The molecule has 4 nitrogen and oxygen atoms in total. The highest BCUT2D eigenvalue weighted by Gasteiger charge is 2.25. The summed E-state index contributed by atoms with van der Waals surface area (Å²) in [5.41, 5.74) is 3.40. The smallest absolute Gasteiger partial charge is 0.227 e. The van der Waals surface area contributed by atoms with Crippen LogP contribution in [0, 0.1) is 5.92 Å². The number of rotatable bonds is 6. The molecule has 0 unspecified atom stereocenters. The van der Waals surface area contributed by atoms with E-state index in [1.54, 1.807) is 7.11 Å². The van der Waals surface area contributed by atoms with Crippen LogP contribution in [-0.4, -0.2) is 31.0 Å². The van der Waals surface area contributed by atoms with E-state index in [0.717, 1.165) is 50.3 Å². The molecule has 1 saturated heterocycles. The molecular weight excluding hydrogens is 324 g/mol. The number of carbonyl (C=O) groups excluding carboxylic acids is 1. The van der Waals surface area contributed by atoms with Gasteiger partial charge in [0.05, 0.1) is 7.11 Å². The van der Waals surface area contributed by atoms with Crippen molar-refractivity contribution in [3.8, 4) is 5.75 Å². The van der Waals surface area contributed by atoms with Crippen LogP contribution < -0.4 is 10.1 Å². The van der Waals surface area contributed by atoms with E-state index < -0.39 is 0 Å². The summed E-state index contributed by atoms with van der Waals surface area (Å²) in [4.78, 5) is 15.1. The van der Waals surface area contributed by atoms with E-state index in [4.69, 9.17) is 4.74 Å². The van der Waals surface area contributed by atoms with Gasteiger partial charge >= 0.3 is 0 Å². The molecule has 0 bridgehead atoms. The first kappa shape index (κ1) is 18.5. The quantitative estimate of drug-likeness (QED) is 0.851. The van der Waals surface area contributed by atoms with Crippen LogP contribution in [0.4, 0.5) is 5.69 Å². The third-order valence-corrected chi connectivity index (χ3v) is 5.15. The fourth-order valence-corrected chi connectivity index (χ4v) is 3.57. The van der Waals surface area contributed by atoms with Crippen molar-refractivity contribution in [2.75, 3.05) is 25.5 Å². The number of hydrogen-bond donors (Lipinski definition) is 1. The first-order valence-corrected chi connectivity index (χ1v) is 9.43. The number of benzene rings is 2. The Bertz CT molecular complexity index is 736. The highest BCUT2D eigenvalue weighted by molar-refractivity contribution is 5.93. The van der Waals surface area contributed by atoms with Crippen molar-refractivity contribution in [3.05, 3.63) is 59.7 Å². The summed E-state index contributed by atoms with van der Waals surface area (Å²) in [5.74, 6) is 1.15. The van der Waals surface area contributed by atoms with Gasteiger partial charge in [0.25, 0.3) is 0 Å². The Kier molecular flexibility index (Phi) is 6.29. The second-order valence-electron chi connectivity index (χ2n) is 6.90. The summed E-state index contributed by atoms with van der Waals surface area (Å²) in [6.07, 6.45) is 2.74. The SMILES string of the molecule is CCc1ccccc1NC(=O)C1CCN(Cc2cccc(OC)c2)CC1. The van der Waals surface area contributed by atoms with Crippen LogP contribution in [0.15, 0.2) is 48.5 Å². The number of hydrogen-bond acceptors (Lipinski definition) is 3. The van der Waals surface area contributed by atoms with Gasteiger partial charge in [0, 0.05) is 18.2 Å². The van der Waals surface area contributed by atoms with Gasteiger partial charge in [-0.2, -0.15) is 0 Å². The molecule has 0 radical (unpaired) electrons. The third-order valence-electron chi connectivity index (χ3n) is 5.15. The van der Waals surface area contributed by atoms with Crippen LogP contribution >= 0.6 is 0 Å². The van der Waals surface area contributed by atoms with E-state index >= 15 is 0 Å². The average Bonchev–Trinajstić information content (AvgIpc) is 2.69. The second kappa shape index (κ2) is 8.86. The Labute approximate surface area is 156 Å². The molecule has 0 saturated carbocycles. The normalized spacial score (nSPS) is 15.6. The van der Waals surface area contributed by atoms with Crippen LogP contribution in [0.3, 0.4) is 0 Å². The van der Waals surface area contributed by atoms with Crippen LogP contribution in [0.2, 0.25) is 0 Å². The van der Waals surface area contributed by atoms with E-state index in [9.17, 15) is 4.79 Å². The number of aryl methyl sites for hydroxylation is 1. The second-order valence-corrected chi connectivity index (χ2v) is 6.90. The summed E-state index contributed by atoms with van der Waals surface area (Å²) in [7, 11) is 1.69. The zero-order valence-corrected chi connectivity index (χ0v) is 15.7. The van der Waals surface area contributed by atoms with E-state index in [1.165, 1.54) is 11.1 Å². The Hall–Kier alpha value is -2.33. The van der Waals surface area contributed by atoms with Gasteiger partial charge in [-0.25, -0.2) is 0 Å². The predicted molar refractivity (Wildman–Crippen MR) is 105 cm³/mol. The largest absolute Gasteiger partial charge is 0.497 e. The molecule has 1 N–H and O–H groups in total. The summed E-state index contributed by atoms with van der Waals surface area (Å²) in [6, 6.07) is 16.3. The Morgan fingerprint density at radius 3 is 2.65 bits per heavy atom. The molecule has 2 aromatic rings. The minimum atomic E-state index is 0.0986. The van der Waals surface area contributed by atoms with E-state index in [0.29, 0.717) is 0 Å². The van der Waals surface area contributed by atoms with Gasteiger partial charge in [0.2, 0.25) is 5.91 Å². The number of nitrogens with one attached hydrogen (secondary N) is 1. The van der Waals surface area contributed by atoms with Crippen molar-refractivity contribution in [2.45, 2.75) is 32.7 Å². The topological polar surface area (TPSA) is 41.6 Å². The molecule has 0 aromatic heterocycles. The fourth-order valence-electron chi connectivity index (χ4n) is 3.57. The minimum absolute atomic E-state index is 0.0986. The first-order valence-electron chi connectivity index (χ1n) is 9.43. The maximum atomic E-state index is 12.6. The summed E-state index contributed by atoms with van der Waals surface area (Å²) in [5, 5.41) is 3.14. The molecule has 0 atom stereocenters. The van der Waals surface area contributed by atoms with Crippen molar-refractivity contribution in [2.24, 2.45) is 5.92 Å². The van der Waals surface area contributed by atoms with Crippen molar-refractivity contribution in [3.63, 3.8) is 0 Å². The van der Waals surface area contributed by atoms with Crippen molar-refractivity contribution >= 4 is 11.6 Å². The number of nitrogens with zero attached hydrogens (tertiary/aromatic N) is 1. The van der Waals surface area contributed by atoms with Crippen LogP contribution in [0.25, 0.3) is 0 Å². The van der Waals surface area contributed by atoms with E-state index in [-0.39, 0.29) is 11.8 Å². The highest BCUT2D eigenvalue weighted by Crippen LogP contribution is 2.23. The number of ether oxygens (including phenoxy) is 1. The lowest BCUT2D eigenvalue weighted by atomic mass is 9.95. The first-order chi connectivity index (χ1) is 12.7. The lowest BCUT2D eigenvalue weighted by Crippen LogP contribution is -2.37. The lowest BCUT2D eigenvalue weighted by molar-refractivity contribution is -0.121.